The summed E-state index contributed by atoms with van der Waals surface area (Å²) in [4.78, 5) is 18.5. The van der Waals surface area contributed by atoms with Gasteiger partial charge in [0.15, 0.2) is 12.6 Å². The molecule has 11 nitrogen and oxygen atoms in total. The fourth-order valence-electron chi connectivity index (χ4n) is 0.391. The lowest BCUT2D eigenvalue weighted by atomic mass is 10.7. The zero-order chi connectivity index (χ0) is 20.7. The third kappa shape index (κ3) is 52.0. The number of ether oxygens (including phenoxy) is 3. The highest BCUT2D eigenvalue weighted by Gasteiger charge is 1.98. The second-order valence-corrected chi connectivity index (χ2v) is 3.45. The Kier molecular flexibility index (Phi) is 33.5. The smallest absolute Gasteiger partial charge is 0.327 e. The van der Waals surface area contributed by atoms with E-state index in [1.807, 2.05) is 0 Å². The fraction of sp³-hybridized carbons (Fsp3) is 0.571. The van der Waals surface area contributed by atoms with Crippen molar-refractivity contribution in [1.29, 1.82) is 0 Å². The average molecular weight is 372 g/mol. The van der Waals surface area contributed by atoms with Crippen LogP contribution < -0.4 is 0 Å². The largest absolute Gasteiger partial charge is 0.478 e. The van der Waals surface area contributed by atoms with Crippen LogP contribution in [0.5, 0.6) is 0 Å². The zero-order valence-corrected chi connectivity index (χ0v) is 14.3. The number of carboxylic acid groups (broad SMARTS) is 2. The number of aliphatic carboxylic acids is 2. The van der Waals surface area contributed by atoms with E-state index in [1.165, 1.54) is 14.2 Å². The molecule has 25 heavy (non-hydrogen) atoms. The highest BCUT2D eigenvalue weighted by atomic mass is 16.6. The Morgan fingerprint density at radius 1 is 0.960 bits per heavy atom. The molecule has 0 aliphatic carbocycles. The summed E-state index contributed by atoms with van der Waals surface area (Å²) in [6.45, 7) is 5.90. The lowest BCUT2D eigenvalue weighted by Crippen LogP contribution is -2.18. The number of methoxy groups -OCH3 is 2. The Balaban J connectivity index is -0.000000122. The molecule has 11 heteroatoms. The zero-order valence-electron chi connectivity index (χ0n) is 14.3. The van der Waals surface area contributed by atoms with Crippen molar-refractivity contribution in [1.82, 2.24) is 0 Å². The molecule has 6 N–H and O–H groups in total. The Hall–Kier alpha value is -1.86. The standard InChI is InChI=1S/C5H12O4.C3H8O3.2C3H4O2/c1-8-5(7)4-9-3-2-6;1-6-3(5)2-4;2*1-2-3(4)5/h5-7H,2-4H2,1H3;3-5H,2H2,1H3;2*2H,1H2,(H,4,5). The summed E-state index contributed by atoms with van der Waals surface area (Å²) in [5.41, 5.74) is 0. The number of hydrogen-bond acceptors (Lipinski definition) is 9. The van der Waals surface area contributed by atoms with Gasteiger partial charge in [0.1, 0.15) is 0 Å². The molecule has 0 spiro atoms. The van der Waals surface area contributed by atoms with E-state index in [9.17, 15) is 9.59 Å². The Morgan fingerprint density at radius 2 is 1.32 bits per heavy atom. The Bertz CT molecular complexity index is 298. The molecule has 2 atom stereocenters. The van der Waals surface area contributed by atoms with Gasteiger partial charge in [-0.1, -0.05) is 13.2 Å². The Morgan fingerprint density at radius 3 is 1.48 bits per heavy atom. The van der Waals surface area contributed by atoms with Gasteiger partial charge < -0.3 is 44.8 Å². The summed E-state index contributed by atoms with van der Waals surface area (Å²) < 4.78 is 13.4. The van der Waals surface area contributed by atoms with Crippen LogP contribution in [-0.2, 0) is 23.8 Å². The van der Waals surface area contributed by atoms with Gasteiger partial charge in [-0.25, -0.2) is 9.59 Å². The first-order valence-electron chi connectivity index (χ1n) is 6.58. The first-order chi connectivity index (χ1) is 11.7. The van der Waals surface area contributed by atoms with Crippen molar-refractivity contribution in [2.45, 2.75) is 12.6 Å². The molecular formula is C14H28O11. The molecule has 0 saturated heterocycles. The van der Waals surface area contributed by atoms with Crippen LogP contribution in [0.3, 0.4) is 0 Å². The monoisotopic (exact) mass is 372 g/mol. The third-order valence-electron chi connectivity index (χ3n) is 1.55. The van der Waals surface area contributed by atoms with Crippen molar-refractivity contribution in [2.24, 2.45) is 0 Å². The van der Waals surface area contributed by atoms with Gasteiger partial charge in [0.05, 0.1) is 26.4 Å². The van der Waals surface area contributed by atoms with E-state index in [-0.39, 0.29) is 26.4 Å². The van der Waals surface area contributed by atoms with E-state index in [2.05, 4.69) is 22.6 Å². The number of carboxylic acids is 2. The average Bonchev–Trinajstić information content (AvgIpc) is 2.62. The topological polar surface area (TPSA) is 183 Å². The third-order valence-corrected chi connectivity index (χ3v) is 1.55. The van der Waals surface area contributed by atoms with Crippen LogP contribution in [0, 0.1) is 0 Å². The van der Waals surface area contributed by atoms with Crippen LogP contribution in [0.4, 0.5) is 0 Å². The van der Waals surface area contributed by atoms with Crippen molar-refractivity contribution >= 4 is 11.9 Å². The van der Waals surface area contributed by atoms with Gasteiger partial charge >= 0.3 is 11.9 Å². The van der Waals surface area contributed by atoms with E-state index in [4.69, 9.17) is 35.4 Å². The van der Waals surface area contributed by atoms with E-state index in [1.54, 1.807) is 0 Å². The summed E-state index contributed by atoms with van der Waals surface area (Å²) in [6, 6.07) is 0. The molecule has 2 unspecified atom stereocenters. The van der Waals surface area contributed by atoms with Gasteiger partial charge in [0, 0.05) is 26.4 Å². The van der Waals surface area contributed by atoms with Crippen molar-refractivity contribution in [2.75, 3.05) is 40.6 Å². The van der Waals surface area contributed by atoms with Crippen molar-refractivity contribution in [3.05, 3.63) is 25.3 Å². The minimum absolute atomic E-state index is 0.0313. The van der Waals surface area contributed by atoms with Crippen molar-refractivity contribution < 1.29 is 54.4 Å². The Labute approximate surface area is 146 Å². The molecule has 0 bridgehead atoms. The van der Waals surface area contributed by atoms with Crippen LogP contribution in [-0.4, -0.2) is 95.8 Å². The number of rotatable bonds is 9. The molecule has 0 saturated carbocycles. The van der Waals surface area contributed by atoms with Gasteiger partial charge in [0.2, 0.25) is 0 Å². The second kappa shape index (κ2) is 27.0. The van der Waals surface area contributed by atoms with Crippen LogP contribution in [0.15, 0.2) is 25.3 Å². The number of hydrogen-bond donors (Lipinski definition) is 6. The van der Waals surface area contributed by atoms with Gasteiger partial charge in [-0.15, -0.1) is 0 Å². The van der Waals surface area contributed by atoms with E-state index in [0.717, 1.165) is 12.2 Å². The molecule has 0 heterocycles. The van der Waals surface area contributed by atoms with Crippen molar-refractivity contribution in [3.63, 3.8) is 0 Å². The summed E-state index contributed by atoms with van der Waals surface area (Å²) in [7, 11) is 2.70. The number of carbonyl (C=O) groups is 2. The highest BCUT2D eigenvalue weighted by Crippen LogP contribution is 1.83. The summed E-state index contributed by atoms with van der Waals surface area (Å²) in [5, 5.41) is 48.2. The molecular weight excluding hydrogens is 344 g/mol. The van der Waals surface area contributed by atoms with Gasteiger partial charge in [-0.3, -0.25) is 0 Å². The minimum atomic E-state index is -1.01. The molecule has 0 amide bonds. The highest BCUT2D eigenvalue weighted by molar-refractivity contribution is 5.79. The first-order valence-corrected chi connectivity index (χ1v) is 6.58. The quantitative estimate of drug-likeness (QED) is 0.156. The molecule has 0 aliphatic heterocycles. The molecule has 0 fully saturated rings. The van der Waals surface area contributed by atoms with E-state index >= 15 is 0 Å². The van der Waals surface area contributed by atoms with Crippen molar-refractivity contribution in [3.8, 4) is 0 Å². The lowest BCUT2D eigenvalue weighted by molar-refractivity contribution is -0.132. The van der Waals surface area contributed by atoms with E-state index < -0.39 is 24.5 Å². The van der Waals surface area contributed by atoms with Crippen LogP contribution in [0.2, 0.25) is 0 Å². The van der Waals surface area contributed by atoms with Crippen LogP contribution in [0.25, 0.3) is 0 Å². The SMILES string of the molecule is C=CC(=O)O.C=CC(=O)O.COC(O)CO.COC(O)COCCO. The summed E-state index contributed by atoms with van der Waals surface area (Å²) >= 11 is 0. The van der Waals surface area contributed by atoms with Gasteiger partial charge in [0.25, 0.3) is 0 Å². The molecule has 150 valence electrons. The predicted molar refractivity (Wildman–Crippen MR) is 86.7 cm³/mol. The first kappa shape index (κ1) is 31.0. The van der Waals surface area contributed by atoms with Crippen LogP contribution in [0.1, 0.15) is 0 Å². The predicted octanol–water partition coefficient (Wildman–Crippen LogP) is -1.58. The lowest BCUT2D eigenvalue weighted by Gasteiger charge is -2.06. The normalized spacial score (nSPS) is 11.0. The molecule has 0 aliphatic rings. The number of aliphatic hydroxyl groups excluding tert-OH is 4. The molecule has 0 radical (unpaired) electrons. The van der Waals surface area contributed by atoms with Gasteiger partial charge in [-0.2, -0.15) is 0 Å². The molecule has 0 rings (SSSR count). The second-order valence-electron chi connectivity index (χ2n) is 3.45. The van der Waals surface area contributed by atoms with Gasteiger partial charge in [-0.05, 0) is 0 Å². The maximum Gasteiger partial charge on any atom is 0.327 e. The summed E-state index contributed by atoms with van der Waals surface area (Å²) in [5.74, 6) is -1.96. The van der Waals surface area contributed by atoms with E-state index in [0.29, 0.717) is 0 Å². The van der Waals surface area contributed by atoms with Crippen LogP contribution >= 0.6 is 0 Å². The summed E-state index contributed by atoms with van der Waals surface area (Å²) in [6.07, 6.45) is -0.221. The molecule has 0 aromatic heterocycles. The maximum absolute atomic E-state index is 9.25. The molecule has 0 aromatic rings. The molecule has 0 aromatic carbocycles. The minimum Gasteiger partial charge on any atom is -0.478 e. The fourth-order valence-corrected chi connectivity index (χ4v) is 0.391. The maximum atomic E-state index is 9.25. The number of aliphatic hydroxyl groups is 4.